The summed E-state index contributed by atoms with van der Waals surface area (Å²) in [5.74, 6) is 0. The molecule has 1 aromatic carbocycles. The molecule has 1 atom stereocenters. The molecule has 0 aliphatic heterocycles. The summed E-state index contributed by atoms with van der Waals surface area (Å²) >= 11 is 0. The van der Waals surface area contributed by atoms with Gasteiger partial charge in [0.15, 0.2) is 9.84 Å². The fourth-order valence-electron chi connectivity index (χ4n) is 2.01. The molecule has 102 valence electrons. The summed E-state index contributed by atoms with van der Waals surface area (Å²) in [4.78, 5) is 0.460. The van der Waals surface area contributed by atoms with Crippen molar-refractivity contribution in [2.75, 3.05) is 12.8 Å². The van der Waals surface area contributed by atoms with E-state index in [0.717, 1.165) is 31.4 Å². The molecule has 0 aliphatic rings. The lowest BCUT2D eigenvalue weighted by molar-refractivity contribution is 0.491. The summed E-state index contributed by atoms with van der Waals surface area (Å²) in [6.45, 7) is 5.22. The number of nitrogens with one attached hydrogen (secondary N) is 1. The molecule has 0 aliphatic carbocycles. The van der Waals surface area contributed by atoms with Crippen LogP contribution in [0.15, 0.2) is 29.2 Å². The van der Waals surface area contributed by atoms with Crippen LogP contribution in [0.3, 0.4) is 0 Å². The van der Waals surface area contributed by atoms with E-state index in [1.165, 1.54) is 6.26 Å². The summed E-state index contributed by atoms with van der Waals surface area (Å²) in [7, 11) is -3.14. The molecule has 0 saturated heterocycles. The maximum atomic E-state index is 11.7. The average Bonchev–Trinajstić information content (AvgIpc) is 2.33. The van der Waals surface area contributed by atoms with Gasteiger partial charge in [-0.1, -0.05) is 32.0 Å². The molecule has 1 N–H and O–H groups in total. The summed E-state index contributed by atoms with van der Waals surface area (Å²) < 4.78 is 23.4. The van der Waals surface area contributed by atoms with Crippen LogP contribution in [0.5, 0.6) is 0 Å². The van der Waals surface area contributed by atoms with Crippen molar-refractivity contribution >= 4 is 9.84 Å². The van der Waals surface area contributed by atoms with Crippen LogP contribution in [-0.2, 0) is 16.3 Å². The van der Waals surface area contributed by atoms with Gasteiger partial charge in [0.1, 0.15) is 0 Å². The van der Waals surface area contributed by atoms with Gasteiger partial charge in [-0.05, 0) is 37.4 Å². The first-order valence-electron chi connectivity index (χ1n) is 6.50. The Kier molecular flexibility index (Phi) is 5.82. The molecule has 0 aromatic heterocycles. The van der Waals surface area contributed by atoms with Crippen LogP contribution in [0.2, 0.25) is 0 Å². The van der Waals surface area contributed by atoms with E-state index in [0.29, 0.717) is 10.9 Å². The zero-order valence-electron chi connectivity index (χ0n) is 11.4. The summed E-state index contributed by atoms with van der Waals surface area (Å²) in [6.07, 6.45) is 4.12. The van der Waals surface area contributed by atoms with Gasteiger partial charge in [0, 0.05) is 12.3 Å². The molecular weight excluding hydrogens is 246 g/mol. The Morgan fingerprint density at radius 2 is 1.89 bits per heavy atom. The Balaban J connectivity index is 2.89. The van der Waals surface area contributed by atoms with Crippen molar-refractivity contribution in [3.63, 3.8) is 0 Å². The highest BCUT2D eigenvalue weighted by Gasteiger charge is 2.15. The molecular formula is C14H23NO2S. The highest BCUT2D eigenvalue weighted by molar-refractivity contribution is 7.90. The molecule has 0 saturated carbocycles. The Morgan fingerprint density at radius 1 is 1.22 bits per heavy atom. The summed E-state index contributed by atoms with van der Waals surface area (Å²) in [6, 6.07) is 7.62. The van der Waals surface area contributed by atoms with E-state index in [1.54, 1.807) is 12.1 Å². The maximum absolute atomic E-state index is 11.7. The van der Waals surface area contributed by atoms with E-state index >= 15 is 0 Å². The van der Waals surface area contributed by atoms with Crippen molar-refractivity contribution < 1.29 is 8.42 Å². The number of rotatable bonds is 7. The van der Waals surface area contributed by atoms with Gasteiger partial charge < -0.3 is 5.32 Å². The van der Waals surface area contributed by atoms with Gasteiger partial charge >= 0.3 is 0 Å². The lowest BCUT2D eigenvalue weighted by Gasteiger charge is -2.18. The molecule has 0 amide bonds. The molecule has 1 rings (SSSR count). The van der Waals surface area contributed by atoms with Crippen molar-refractivity contribution in [3.8, 4) is 0 Å². The minimum absolute atomic E-state index is 0.341. The monoisotopic (exact) mass is 269 g/mol. The molecule has 1 aromatic rings. The second-order valence-electron chi connectivity index (χ2n) is 4.64. The number of hydrogen-bond donors (Lipinski definition) is 1. The molecule has 3 nitrogen and oxygen atoms in total. The van der Waals surface area contributed by atoms with Crippen LogP contribution in [0.1, 0.15) is 32.3 Å². The lowest BCUT2D eigenvalue weighted by Crippen LogP contribution is -2.31. The topological polar surface area (TPSA) is 46.2 Å². The van der Waals surface area contributed by atoms with E-state index in [1.807, 2.05) is 12.1 Å². The van der Waals surface area contributed by atoms with Gasteiger partial charge in [0.2, 0.25) is 0 Å². The molecule has 0 fully saturated rings. The quantitative estimate of drug-likeness (QED) is 0.827. The summed E-state index contributed by atoms with van der Waals surface area (Å²) in [5, 5.41) is 3.45. The van der Waals surface area contributed by atoms with Gasteiger partial charge in [0.25, 0.3) is 0 Å². The molecule has 0 spiro atoms. The average molecular weight is 269 g/mol. The first kappa shape index (κ1) is 15.2. The van der Waals surface area contributed by atoms with Gasteiger partial charge in [-0.3, -0.25) is 0 Å². The Morgan fingerprint density at radius 3 is 2.44 bits per heavy atom. The second kappa shape index (κ2) is 6.90. The zero-order valence-corrected chi connectivity index (χ0v) is 12.3. The molecule has 0 heterocycles. The second-order valence-corrected chi connectivity index (χ2v) is 6.63. The molecule has 1 unspecified atom stereocenters. The van der Waals surface area contributed by atoms with E-state index < -0.39 is 9.84 Å². The van der Waals surface area contributed by atoms with Gasteiger partial charge in [-0.25, -0.2) is 8.42 Å². The summed E-state index contributed by atoms with van der Waals surface area (Å²) in [5.41, 5.74) is 0.912. The molecule has 4 heteroatoms. The van der Waals surface area contributed by atoms with Crippen molar-refractivity contribution in [2.24, 2.45) is 0 Å². The zero-order chi connectivity index (χ0) is 13.6. The van der Waals surface area contributed by atoms with Gasteiger partial charge in [-0.15, -0.1) is 0 Å². The number of benzene rings is 1. The van der Waals surface area contributed by atoms with Gasteiger partial charge in [-0.2, -0.15) is 0 Å². The van der Waals surface area contributed by atoms with Crippen molar-refractivity contribution in [1.82, 2.24) is 5.32 Å². The lowest BCUT2D eigenvalue weighted by atomic mass is 10.0. The number of sulfone groups is 1. The Bertz CT molecular complexity index is 468. The predicted molar refractivity (Wildman–Crippen MR) is 75.6 cm³/mol. The van der Waals surface area contributed by atoms with Crippen LogP contribution in [0.25, 0.3) is 0 Å². The van der Waals surface area contributed by atoms with Gasteiger partial charge in [0.05, 0.1) is 4.90 Å². The minimum atomic E-state index is -3.14. The molecule has 0 bridgehead atoms. The SMILES string of the molecule is CCCNC(CC)Cc1ccccc1S(C)(=O)=O. The highest BCUT2D eigenvalue weighted by atomic mass is 32.2. The molecule has 0 radical (unpaired) electrons. The highest BCUT2D eigenvalue weighted by Crippen LogP contribution is 2.17. The smallest absolute Gasteiger partial charge is 0.175 e. The normalized spacial score (nSPS) is 13.5. The largest absolute Gasteiger partial charge is 0.314 e. The molecule has 18 heavy (non-hydrogen) atoms. The van der Waals surface area contributed by atoms with E-state index in [4.69, 9.17) is 0 Å². The van der Waals surface area contributed by atoms with Crippen molar-refractivity contribution in [2.45, 2.75) is 44.0 Å². The van der Waals surface area contributed by atoms with Crippen LogP contribution >= 0.6 is 0 Å². The third-order valence-corrected chi connectivity index (χ3v) is 4.21. The number of hydrogen-bond acceptors (Lipinski definition) is 3. The maximum Gasteiger partial charge on any atom is 0.175 e. The third-order valence-electron chi connectivity index (χ3n) is 3.01. The first-order valence-corrected chi connectivity index (χ1v) is 8.39. The van der Waals surface area contributed by atoms with E-state index in [2.05, 4.69) is 19.2 Å². The van der Waals surface area contributed by atoms with Crippen LogP contribution < -0.4 is 5.32 Å². The van der Waals surface area contributed by atoms with Crippen LogP contribution in [0.4, 0.5) is 0 Å². The van der Waals surface area contributed by atoms with Crippen molar-refractivity contribution in [3.05, 3.63) is 29.8 Å². The fraction of sp³-hybridized carbons (Fsp3) is 0.571. The van der Waals surface area contributed by atoms with E-state index in [-0.39, 0.29) is 0 Å². The first-order chi connectivity index (χ1) is 8.49. The Labute approximate surface area is 111 Å². The fourth-order valence-corrected chi connectivity index (χ4v) is 2.96. The minimum Gasteiger partial charge on any atom is -0.314 e. The third kappa shape index (κ3) is 4.42. The standard InChI is InChI=1S/C14H23NO2S/c1-4-10-15-13(5-2)11-12-8-6-7-9-14(12)18(3,16)17/h6-9,13,15H,4-5,10-11H2,1-3H3. The van der Waals surface area contributed by atoms with Crippen molar-refractivity contribution in [1.29, 1.82) is 0 Å². The predicted octanol–water partition coefficient (Wildman–Crippen LogP) is 2.41. The Hall–Kier alpha value is -0.870. The van der Waals surface area contributed by atoms with Crippen LogP contribution in [-0.4, -0.2) is 27.3 Å². The van der Waals surface area contributed by atoms with Crippen LogP contribution in [0, 0.1) is 0 Å². The van der Waals surface area contributed by atoms with E-state index in [9.17, 15) is 8.42 Å².